The third kappa shape index (κ3) is 3.26. The molecule has 1 aliphatic heterocycles. The second-order valence-corrected chi connectivity index (χ2v) is 5.06. The largest absolute Gasteiger partial charge is 0.466 e. The lowest BCUT2D eigenvalue weighted by Crippen LogP contribution is -2.39. The highest BCUT2D eigenvalue weighted by atomic mass is 16.5. The molecule has 1 atom stereocenters. The van der Waals surface area contributed by atoms with E-state index in [9.17, 15) is 4.79 Å². The minimum absolute atomic E-state index is 0.117. The summed E-state index contributed by atoms with van der Waals surface area (Å²) in [7, 11) is 0. The highest BCUT2D eigenvalue weighted by Gasteiger charge is 2.23. The van der Waals surface area contributed by atoms with E-state index in [0.717, 1.165) is 25.2 Å². The Hall–Kier alpha value is -1.55. The number of nitrogens with zero attached hydrogens (tertiary/aromatic N) is 1. The van der Waals surface area contributed by atoms with E-state index < -0.39 is 0 Å². The first-order valence-electron chi connectivity index (χ1n) is 6.87. The lowest BCUT2D eigenvalue weighted by atomic mass is 9.96. The van der Waals surface area contributed by atoms with Gasteiger partial charge in [0.25, 0.3) is 0 Å². The zero-order valence-electron chi connectivity index (χ0n) is 11.7. The number of rotatable bonds is 4. The number of hydrogen-bond acceptors (Lipinski definition) is 4. The Morgan fingerprint density at radius 1 is 1.53 bits per heavy atom. The van der Waals surface area contributed by atoms with Crippen molar-refractivity contribution in [1.29, 1.82) is 0 Å². The lowest BCUT2D eigenvalue weighted by molar-refractivity contribution is -0.144. The van der Waals surface area contributed by atoms with Gasteiger partial charge in [-0.25, -0.2) is 0 Å². The smallest absolute Gasteiger partial charge is 0.307 e. The molecule has 1 unspecified atom stereocenters. The summed E-state index contributed by atoms with van der Waals surface area (Å²) in [4.78, 5) is 13.8. The molecule has 104 valence electrons. The summed E-state index contributed by atoms with van der Waals surface area (Å²) in [5.41, 5.74) is 9.42. The van der Waals surface area contributed by atoms with Gasteiger partial charge in [0.05, 0.1) is 13.0 Å². The highest BCUT2D eigenvalue weighted by molar-refractivity contribution is 5.70. The van der Waals surface area contributed by atoms with Gasteiger partial charge in [-0.2, -0.15) is 0 Å². The predicted octanol–water partition coefficient (Wildman–Crippen LogP) is 1.97. The summed E-state index contributed by atoms with van der Waals surface area (Å²) < 4.78 is 5.01. The molecule has 1 heterocycles. The first-order chi connectivity index (χ1) is 9.11. The van der Waals surface area contributed by atoms with Gasteiger partial charge in [-0.1, -0.05) is 12.1 Å². The van der Waals surface area contributed by atoms with Gasteiger partial charge in [0.2, 0.25) is 0 Å². The van der Waals surface area contributed by atoms with Crippen LogP contribution in [0.4, 0.5) is 5.69 Å². The van der Waals surface area contributed by atoms with Crippen LogP contribution >= 0.6 is 0 Å². The summed E-state index contributed by atoms with van der Waals surface area (Å²) >= 11 is 0. The quantitative estimate of drug-likeness (QED) is 0.666. The molecule has 0 saturated heterocycles. The predicted molar refractivity (Wildman–Crippen MR) is 75.7 cm³/mol. The Labute approximate surface area is 114 Å². The first-order valence-corrected chi connectivity index (χ1v) is 6.87. The fraction of sp³-hybridized carbons (Fsp3) is 0.533. The van der Waals surface area contributed by atoms with Crippen LogP contribution < -0.4 is 5.73 Å². The van der Waals surface area contributed by atoms with E-state index in [1.807, 2.05) is 19.1 Å². The van der Waals surface area contributed by atoms with Crippen LogP contribution in [-0.4, -0.2) is 30.1 Å². The van der Waals surface area contributed by atoms with Crippen LogP contribution in [-0.2, 0) is 22.5 Å². The molecular weight excluding hydrogens is 240 g/mol. The third-order valence-electron chi connectivity index (χ3n) is 3.72. The maximum atomic E-state index is 11.5. The Morgan fingerprint density at radius 2 is 2.32 bits per heavy atom. The minimum atomic E-state index is -0.117. The summed E-state index contributed by atoms with van der Waals surface area (Å²) in [6, 6.07) is 6.27. The number of carbonyl (C=O) groups excluding carboxylic acids is 1. The van der Waals surface area contributed by atoms with E-state index in [2.05, 4.69) is 17.9 Å². The monoisotopic (exact) mass is 262 g/mol. The van der Waals surface area contributed by atoms with E-state index in [0.29, 0.717) is 13.0 Å². The van der Waals surface area contributed by atoms with Crippen molar-refractivity contribution in [3.8, 4) is 0 Å². The molecule has 4 heteroatoms. The van der Waals surface area contributed by atoms with Crippen LogP contribution in [0.5, 0.6) is 0 Å². The van der Waals surface area contributed by atoms with Gasteiger partial charge in [-0.15, -0.1) is 0 Å². The van der Waals surface area contributed by atoms with Crippen molar-refractivity contribution in [3.05, 3.63) is 29.3 Å². The number of hydrogen-bond donors (Lipinski definition) is 1. The molecule has 0 spiro atoms. The fourth-order valence-corrected chi connectivity index (χ4v) is 2.63. The van der Waals surface area contributed by atoms with Gasteiger partial charge < -0.3 is 10.5 Å². The van der Waals surface area contributed by atoms with Crippen molar-refractivity contribution < 1.29 is 9.53 Å². The zero-order valence-corrected chi connectivity index (χ0v) is 11.7. The Balaban J connectivity index is 1.99. The van der Waals surface area contributed by atoms with Crippen LogP contribution in [0.3, 0.4) is 0 Å². The van der Waals surface area contributed by atoms with Gasteiger partial charge >= 0.3 is 5.97 Å². The average Bonchev–Trinajstić information content (AvgIpc) is 2.38. The molecule has 0 saturated carbocycles. The van der Waals surface area contributed by atoms with E-state index in [1.54, 1.807) is 0 Å². The number of carbonyl (C=O) groups is 1. The van der Waals surface area contributed by atoms with Crippen LogP contribution in [0.2, 0.25) is 0 Å². The molecule has 1 aromatic carbocycles. The maximum absolute atomic E-state index is 11.5. The molecule has 0 aromatic heterocycles. The summed E-state index contributed by atoms with van der Waals surface area (Å²) in [6.45, 7) is 6.17. The fourth-order valence-electron chi connectivity index (χ4n) is 2.63. The third-order valence-corrected chi connectivity index (χ3v) is 3.72. The second kappa shape index (κ2) is 6.06. The minimum Gasteiger partial charge on any atom is -0.466 e. The highest BCUT2D eigenvalue weighted by Crippen LogP contribution is 2.25. The van der Waals surface area contributed by atoms with Crippen molar-refractivity contribution in [2.24, 2.45) is 0 Å². The van der Waals surface area contributed by atoms with Gasteiger partial charge in [-0.3, -0.25) is 9.69 Å². The molecule has 0 amide bonds. The molecule has 19 heavy (non-hydrogen) atoms. The number of anilines is 1. The normalized spacial score (nSPS) is 16.7. The number of ether oxygens (including phenoxy) is 1. The van der Waals surface area contributed by atoms with Crippen molar-refractivity contribution >= 4 is 11.7 Å². The van der Waals surface area contributed by atoms with E-state index in [1.165, 1.54) is 11.1 Å². The van der Waals surface area contributed by atoms with Crippen molar-refractivity contribution in [3.63, 3.8) is 0 Å². The van der Waals surface area contributed by atoms with Gasteiger partial charge in [0.1, 0.15) is 0 Å². The molecule has 2 N–H and O–H groups in total. The van der Waals surface area contributed by atoms with Gasteiger partial charge in [0.15, 0.2) is 0 Å². The lowest BCUT2D eigenvalue weighted by Gasteiger charge is -2.33. The maximum Gasteiger partial charge on any atom is 0.307 e. The van der Waals surface area contributed by atoms with E-state index in [-0.39, 0.29) is 12.0 Å². The Kier molecular flexibility index (Phi) is 4.43. The second-order valence-electron chi connectivity index (χ2n) is 5.06. The van der Waals surface area contributed by atoms with E-state index >= 15 is 0 Å². The average molecular weight is 262 g/mol. The van der Waals surface area contributed by atoms with Crippen LogP contribution in [0.15, 0.2) is 18.2 Å². The molecule has 1 aliphatic rings. The number of nitrogen functional groups attached to an aromatic ring is 1. The number of esters is 1. The Morgan fingerprint density at radius 3 is 3.05 bits per heavy atom. The number of benzene rings is 1. The molecule has 0 aliphatic carbocycles. The van der Waals surface area contributed by atoms with Crippen molar-refractivity contribution in [1.82, 2.24) is 4.90 Å². The molecule has 4 nitrogen and oxygen atoms in total. The standard InChI is InChI=1S/C15H22N2O2/c1-3-19-15(18)9-11(2)17-8-7-13-12(10-17)5-4-6-14(13)16/h4-6,11H,3,7-10,16H2,1-2H3. The van der Waals surface area contributed by atoms with Crippen LogP contribution in [0.1, 0.15) is 31.4 Å². The van der Waals surface area contributed by atoms with Crippen LogP contribution in [0.25, 0.3) is 0 Å². The molecular formula is C15H22N2O2. The van der Waals surface area contributed by atoms with Gasteiger partial charge in [-0.05, 0) is 37.5 Å². The topological polar surface area (TPSA) is 55.6 Å². The van der Waals surface area contributed by atoms with E-state index in [4.69, 9.17) is 10.5 Å². The molecule has 1 aromatic rings. The van der Waals surface area contributed by atoms with Gasteiger partial charge in [0, 0.05) is 24.8 Å². The summed E-state index contributed by atoms with van der Waals surface area (Å²) in [5.74, 6) is -0.117. The van der Waals surface area contributed by atoms with Crippen molar-refractivity contribution in [2.75, 3.05) is 18.9 Å². The number of fused-ring (bicyclic) bond motifs is 1. The zero-order chi connectivity index (χ0) is 13.8. The SMILES string of the molecule is CCOC(=O)CC(C)N1CCc2c(N)cccc2C1. The van der Waals surface area contributed by atoms with Crippen LogP contribution in [0, 0.1) is 0 Å². The molecule has 0 fully saturated rings. The van der Waals surface area contributed by atoms with Crippen molar-refractivity contribution in [2.45, 2.75) is 39.3 Å². The first kappa shape index (κ1) is 13.9. The Bertz CT molecular complexity index is 459. The molecule has 0 bridgehead atoms. The molecule has 0 radical (unpaired) electrons. The summed E-state index contributed by atoms with van der Waals surface area (Å²) in [6.07, 6.45) is 1.40. The number of nitrogens with two attached hydrogens (primary N) is 1. The molecule has 2 rings (SSSR count). The summed E-state index contributed by atoms with van der Waals surface area (Å²) in [5, 5.41) is 0.